The summed E-state index contributed by atoms with van der Waals surface area (Å²) in [5, 5.41) is 12.6. The van der Waals surface area contributed by atoms with Gasteiger partial charge in [-0.2, -0.15) is 0 Å². The van der Waals surface area contributed by atoms with Crippen molar-refractivity contribution >= 4 is 11.6 Å². The average Bonchev–Trinajstić information content (AvgIpc) is 2.27. The van der Waals surface area contributed by atoms with E-state index in [1.54, 1.807) is 12.1 Å². The third-order valence-corrected chi connectivity index (χ3v) is 2.91. The number of amides is 1. The molecule has 1 amide bonds. The van der Waals surface area contributed by atoms with Gasteiger partial charge in [-0.05, 0) is 30.4 Å². The maximum Gasteiger partial charge on any atom is 0.253 e. The van der Waals surface area contributed by atoms with Crippen molar-refractivity contribution in [1.82, 2.24) is 5.32 Å². The van der Waals surface area contributed by atoms with E-state index in [2.05, 4.69) is 26.1 Å². The normalized spacial score (nSPS) is 13.1. The smallest absolute Gasteiger partial charge is 0.253 e. The molecule has 0 radical (unpaired) electrons. The fourth-order valence-electron chi connectivity index (χ4n) is 1.96. The number of aliphatic hydroxyl groups excluding tert-OH is 1. The number of aliphatic hydroxyl groups is 1. The van der Waals surface area contributed by atoms with Crippen molar-refractivity contribution in [2.24, 2.45) is 5.41 Å². The van der Waals surface area contributed by atoms with Crippen molar-refractivity contribution in [2.45, 2.75) is 40.2 Å². The predicted molar refractivity (Wildman–Crippen MR) is 78.0 cm³/mol. The molecule has 0 heterocycles. The average molecular weight is 264 g/mol. The Hall–Kier alpha value is -1.55. The van der Waals surface area contributed by atoms with E-state index in [0.29, 0.717) is 17.7 Å². The van der Waals surface area contributed by atoms with Gasteiger partial charge in [-0.15, -0.1) is 0 Å². The lowest BCUT2D eigenvalue weighted by Gasteiger charge is -2.22. The molecule has 1 aromatic carbocycles. The van der Waals surface area contributed by atoms with Crippen LogP contribution in [-0.2, 0) is 0 Å². The number of para-hydroxylation sites is 1. The van der Waals surface area contributed by atoms with Gasteiger partial charge in [0.15, 0.2) is 0 Å². The molecular weight excluding hydrogens is 240 g/mol. The first-order chi connectivity index (χ1) is 8.70. The van der Waals surface area contributed by atoms with Crippen LogP contribution in [0.15, 0.2) is 18.2 Å². The van der Waals surface area contributed by atoms with Crippen LogP contribution in [0.4, 0.5) is 5.69 Å². The number of hydrogen-bond donors (Lipinski definition) is 3. The van der Waals surface area contributed by atoms with Crippen LogP contribution in [0.5, 0.6) is 0 Å². The third kappa shape index (κ3) is 4.91. The summed E-state index contributed by atoms with van der Waals surface area (Å²) >= 11 is 0. The standard InChI is InChI=1S/C15H24N2O2/c1-10-6-5-7-12(13(10)16)14(19)17-9-11(18)8-15(2,3)4/h5-7,11,18H,8-9,16H2,1-4H3,(H,17,19). The van der Waals surface area contributed by atoms with Gasteiger partial charge in [-0.1, -0.05) is 32.9 Å². The highest BCUT2D eigenvalue weighted by molar-refractivity contribution is 5.99. The molecule has 1 unspecified atom stereocenters. The molecule has 4 nitrogen and oxygen atoms in total. The lowest BCUT2D eigenvalue weighted by Crippen LogP contribution is -2.34. The van der Waals surface area contributed by atoms with E-state index < -0.39 is 6.10 Å². The van der Waals surface area contributed by atoms with Crippen molar-refractivity contribution in [2.75, 3.05) is 12.3 Å². The summed E-state index contributed by atoms with van der Waals surface area (Å²) in [6.07, 6.45) is 0.0892. The van der Waals surface area contributed by atoms with Crippen LogP contribution in [-0.4, -0.2) is 23.7 Å². The summed E-state index contributed by atoms with van der Waals surface area (Å²) < 4.78 is 0. The van der Waals surface area contributed by atoms with Crippen molar-refractivity contribution in [3.05, 3.63) is 29.3 Å². The second-order valence-electron chi connectivity index (χ2n) is 6.16. The Balaban J connectivity index is 2.59. The van der Waals surface area contributed by atoms with Crippen LogP contribution in [0.3, 0.4) is 0 Å². The van der Waals surface area contributed by atoms with Crippen molar-refractivity contribution in [3.8, 4) is 0 Å². The molecule has 4 heteroatoms. The molecule has 106 valence electrons. The van der Waals surface area contributed by atoms with Crippen molar-refractivity contribution < 1.29 is 9.90 Å². The van der Waals surface area contributed by atoms with E-state index in [-0.39, 0.29) is 17.9 Å². The molecular formula is C15H24N2O2. The van der Waals surface area contributed by atoms with E-state index in [1.807, 2.05) is 13.0 Å². The molecule has 1 rings (SSSR count). The number of rotatable bonds is 4. The van der Waals surface area contributed by atoms with Crippen molar-refractivity contribution in [3.63, 3.8) is 0 Å². The zero-order valence-corrected chi connectivity index (χ0v) is 12.2. The molecule has 19 heavy (non-hydrogen) atoms. The number of nitrogens with two attached hydrogens (primary N) is 1. The molecule has 0 saturated carbocycles. The fourth-order valence-corrected chi connectivity index (χ4v) is 1.96. The number of nitrogens with one attached hydrogen (secondary N) is 1. The summed E-state index contributed by atoms with van der Waals surface area (Å²) in [4.78, 5) is 12.0. The van der Waals surface area contributed by atoms with Gasteiger partial charge >= 0.3 is 0 Å². The molecule has 0 aliphatic rings. The Morgan fingerprint density at radius 2 is 2.05 bits per heavy atom. The first-order valence-corrected chi connectivity index (χ1v) is 6.52. The van der Waals surface area contributed by atoms with Crippen LogP contribution in [0, 0.1) is 12.3 Å². The number of nitrogen functional groups attached to an aromatic ring is 1. The van der Waals surface area contributed by atoms with Crippen molar-refractivity contribution in [1.29, 1.82) is 0 Å². The molecule has 0 spiro atoms. The summed E-state index contributed by atoms with van der Waals surface area (Å²) in [6.45, 7) is 8.26. The van der Waals surface area contributed by atoms with Gasteiger partial charge in [0, 0.05) is 12.2 Å². The Labute approximate surface area is 115 Å². The van der Waals surface area contributed by atoms with Crippen LogP contribution in [0.25, 0.3) is 0 Å². The summed E-state index contributed by atoms with van der Waals surface area (Å²) in [7, 11) is 0. The van der Waals surface area contributed by atoms with Crippen LogP contribution in [0.2, 0.25) is 0 Å². The maximum atomic E-state index is 12.0. The first-order valence-electron chi connectivity index (χ1n) is 6.52. The van der Waals surface area contributed by atoms with Gasteiger partial charge in [0.2, 0.25) is 0 Å². The van der Waals surface area contributed by atoms with Crippen LogP contribution < -0.4 is 11.1 Å². The third-order valence-electron chi connectivity index (χ3n) is 2.91. The molecule has 0 aromatic heterocycles. The molecule has 4 N–H and O–H groups in total. The molecule has 0 aliphatic heterocycles. The fraction of sp³-hybridized carbons (Fsp3) is 0.533. The molecule has 0 fully saturated rings. The molecule has 0 aliphatic carbocycles. The highest BCUT2D eigenvalue weighted by Crippen LogP contribution is 2.20. The highest BCUT2D eigenvalue weighted by atomic mass is 16.3. The Morgan fingerprint density at radius 1 is 1.42 bits per heavy atom. The van der Waals surface area contributed by atoms with E-state index in [9.17, 15) is 9.90 Å². The van der Waals surface area contributed by atoms with Gasteiger partial charge in [0.1, 0.15) is 0 Å². The predicted octanol–water partition coefficient (Wildman–Crippen LogP) is 2.10. The Morgan fingerprint density at radius 3 is 2.63 bits per heavy atom. The largest absolute Gasteiger partial charge is 0.398 e. The van der Waals surface area contributed by atoms with E-state index in [0.717, 1.165) is 5.56 Å². The second-order valence-corrected chi connectivity index (χ2v) is 6.16. The Bertz CT molecular complexity index is 450. The SMILES string of the molecule is Cc1cccc(C(=O)NCC(O)CC(C)(C)C)c1N. The summed E-state index contributed by atoms with van der Waals surface area (Å²) in [6, 6.07) is 5.35. The molecule has 0 saturated heterocycles. The minimum Gasteiger partial charge on any atom is -0.398 e. The van der Waals surface area contributed by atoms with Crippen LogP contribution >= 0.6 is 0 Å². The highest BCUT2D eigenvalue weighted by Gasteiger charge is 2.18. The maximum absolute atomic E-state index is 12.0. The Kier molecular flexibility index (Phi) is 4.95. The lowest BCUT2D eigenvalue weighted by atomic mass is 9.89. The molecule has 1 atom stereocenters. The monoisotopic (exact) mass is 264 g/mol. The lowest BCUT2D eigenvalue weighted by molar-refractivity contribution is 0.0869. The minimum atomic E-state index is -0.546. The minimum absolute atomic E-state index is 0.0342. The van der Waals surface area contributed by atoms with E-state index >= 15 is 0 Å². The van der Waals surface area contributed by atoms with Gasteiger partial charge < -0.3 is 16.2 Å². The van der Waals surface area contributed by atoms with Gasteiger partial charge in [-0.3, -0.25) is 4.79 Å². The number of carbonyl (C=O) groups excluding carboxylic acids is 1. The zero-order chi connectivity index (χ0) is 14.6. The van der Waals surface area contributed by atoms with Crippen LogP contribution in [0.1, 0.15) is 43.1 Å². The number of benzene rings is 1. The topological polar surface area (TPSA) is 75.3 Å². The molecule has 1 aromatic rings. The second kappa shape index (κ2) is 6.06. The number of hydrogen-bond acceptors (Lipinski definition) is 3. The summed E-state index contributed by atoms with van der Waals surface area (Å²) in [5.41, 5.74) is 7.73. The number of anilines is 1. The molecule has 0 bridgehead atoms. The summed E-state index contributed by atoms with van der Waals surface area (Å²) in [5.74, 6) is -0.242. The number of aryl methyl sites for hydroxylation is 1. The van der Waals surface area contributed by atoms with E-state index in [1.165, 1.54) is 0 Å². The zero-order valence-electron chi connectivity index (χ0n) is 12.2. The quantitative estimate of drug-likeness (QED) is 0.729. The first kappa shape index (κ1) is 15.5. The van der Waals surface area contributed by atoms with Gasteiger partial charge in [0.25, 0.3) is 5.91 Å². The van der Waals surface area contributed by atoms with Gasteiger partial charge in [-0.25, -0.2) is 0 Å². The number of carbonyl (C=O) groups is 1. The van der Waals surface area contributed by atoms with E-state index in [4.69, 9.17) is 5.73 Å². The van der Waals surface area contributed by atoms with Gasteiger partial charge in [0.05, 0.1) is 11.7 Å².